The van der Waals surface area contributed by atoms with Crippen LogP contribution >= 0.6 is 7.82 Å². The van der Waals surface area contributed by atoms with Crippen molar-refractivity contribution in [3.05, 3.63) is 0 Å². The molecule has 0 saturated carbocycles. The Morgan fingerprint density at radius 2 is 1.25 bits per heavy atom. The summed E-state index contributed by atoms with van der Waals surface area (Å²) in [6, 6.07) is 0. The third-order valence-electron chi connectivity index (χ3n) is 4.57. The van der Waals surface area contributed by atoms with E-state index in [1.807, 2.05) is 0 Å². The van der Waals surface area contributed by atoms with E-state index in [9.17, 15) is 9.46 Å². The molecule has 0 aromatic heterocycles. The van der Waals surface area contributed by atoms with Crippen LogP contribution in [0.15, 0.2) is 0 Å². The predicted molar refractivity (Wildman–Crippen MR) is 98.7 cm³/mol. The van der Waals surface area contributed by atoms with Gasteiger partial charge in [0.15, 0.2) is 0 Å². The van der Waals surface area contributed by atoms with E-state index in [1.165, 1.54) is 70.6 Å². The van der Waals surface area contributed by atoms with Gasteiger partial charge in [-0.2, -0.15) is 0 Å². The number of nitrogens with zero attached hydrogens (tertiary/aromatic N) is 1. The molecule has 0 aliphatic carbocycles. The van der Waals surface area contributed by atoms with Crippen LogP contribution in [-0.4, -0.2) is 43.2 Å². The zero-order chi connectivity index (χ0) is 18.3. The lowest BCUT2D eigenvalue weighted by atomic mass is 10.1. The van der Waals surface area contributed by atoms with E-state index in [0.29, 0.717) is 6.54 Å². The van der Waals surface area contributed by atoms with E-state index in [1.54, 1.807) is 0 Å². The number of unbranched alkanes of at least 4 members (excludes halogenated alkanes) is 11. The maximum absolute atomic E-state index is 10.5. The van der Waals surface area contributed by atoms with Crippen LogP contribution in [0.5, 0.6) is 0 Å². The lowest BCUT2D eigenvalue weighted by Gasteiger charge is -2.30. The fraction of sp³-hybridized carbons (Fsp3) is 1.00. The van der Waals surface area contributed by atoms with Gasteiger partial charge in [0.1, 0.15) is 13.2 Å². The van der Waals surface area contributed by atoms with Gasteiger partial charge in [0.05, 0.1) is 20.6 Å². The summed E-state index contributed by atoms with van der Waals surface area (Å²) in [7, 11) is -0.441. The molecule has 1 atom stereocenters. The molecule has 0 rings (SSSR count). The third kappa shape index (κ3) is 18.4. The summed E-state index contributed by atoms with van der Waals surface area (Å²) in [5.74, 6) is 0. The molecule has 146 valence electrons. The van der Waals surface area contributed by atoms with Crippen molar-refractivity contribution < 1.29 is 23.4 Å². The fourth-order valence-corrected chi connectivity index (χ4v) is 3.21. The van der Waals surface area contributed by atoms with Crippen LogP contribution in [0.4, 0.5) is 0 Å². The molecule has 0 bridgehead atoms. The molecule has 0 spiro atoms. The lowest BCUT2D eigenvalue weighted by Crippen LogP contribution is -2.43. The van der Waals surface area contributed by atoms with Gasteiger partial charge in [0, 0.05) is 0 Å². The molecule has 0 saturated heterocycles. The Morgan fingerprint density at radius 3 is 1.67 bits per heavy atom. The summed E-state index contributed by atoms with van der Waals surface area (Å²) in [6.45, 7) is 3.90. The first-order valence-electron chi connectivity index (χ1n) is 9.77. The number of phosphoric ester groups is 1. The molecule has 24 heavy (non-hydrogen) atoms. The van der Waals surface area contributed by atoms with E-state index in [2.05, 4.69) is 25.5 Å². The van der Waals surface area contributed by atoms with Gasteiger partial charge in [-0.1, -0.05) is 71.1 Å². The van der Waals surface area contributed by atoms with Crippen LogP contribution in [0.3, 0.4) is 0 Å². The highest BCUT2D eigenvalue weighted by Gasteiger charge is 2.15. The fourth-order valence-electron chi connectivity index (χ4n) is 2.90. The highest BCUT2D eigenvalue weighted by atomic mass is 31.2. The molecular formula is C18H40NO4P. The zero-order valence-corrected chi connectivity index (χ0v) is 17.1. The molecular weight excluding hydrogens is 325 g/mol. The van der Waals surface area contributed by atoms with Gasteiger partial charge in [0.25, 0.3) is 7.82 Å². The van der Waals surface area contributed by atoms with E-state index in [4.69, 9.17) is 4.89 Å². The molecule has 0 heterocycles. The topological polar surface area (TPSA) is 69.6 Å². The molecule has 0 radical (unpaired) electrons. The average Bonchev–Trinajstić information content (AvgIpc) is 2.46. The Labute approximate surface area is 149 Å². The Kier molecular flexibility index (Phi) is 14.3. The third-order valence-corrected chi connectivity index (χ3v) is 5.08. The molecule has 1 unspecified atom stereocenters. The summed E-state index contributed by atoms with van der Waals surface area (Å²) in [6.07, 6.45) is 16.0. The minimum absolute atomic E-state index is 0.0442. The Bertz CT molecular complexity index is 331. The SMILES string of the molecule is CCCCCCCCCCCCCC[N+](C)(C)CCOP(=O)([O-])O. The second kappa shape index (κ2) is 14.3. The van der Waals surface area contributed by atoms with Gasteiger partial charge in [-0.25, -0.2) is 0 Å². The molecule has 0 aromatic carbocycles. The van der Waals surface area contributed by atoms with Gasteiger partial charge in [-0.3, -0.25) is 4.57 Å². The summed E-state index contributed by atoms with van der Waals surface area (Å²) < 4.78 is 15.7. The van der Waals surface area contributed by atoms with Crippen LogP contribution in [0.2, 0.25) is 0 Å². The quantitative estimate of drug-likeness (QED) is 0.238. The number of quaternary nitrogens is 1. The molecule has 0 aliphatic heterocycles. The Balaban J connectivity index is 3.37. The number of likely N-dealkylation sites (N-methyl/N-ethyl adjacent to an activating group) is 1. The summed E-state index contributed by atoms with van der Waals surface area (Å²) in [5, 5.41) is 0. The molecule has 5 nitrogen and oxygen atoms in total. The van der Waals surface area contributed by atoms with Crippen LogP contribution in [0.1, 0.15) is 84.0 Å². The van der Waals surface area contributed by atoms with Crippen LogP contribution in [0.25, 0.3) is 0 Å². The van der Waals surface area contributed by atoms with Crippen LogP contribution < -0.4 is 4.89 Å². The van der Waals surface area contributed by atoms with Crippen molar-refractivity contribution in [2.24, 2.45) is 0 Å². The summed E-state index contributed by atoms with van der Waals surface area (Å²) >= 11 is 0. The average molecular weight is 365 g/mol. The molecule has 6 heteroatoms. The maximum atomic E-state index is 10.5. The Hall–Kier alpha value is 0.0700. The molecule has 0 amide bonds. The van der Waals surface area contributed by atoms with Gasteiger partial charge in [-0.15, -0.1) is 0 Å². The van der Waals surface area contributed by atoms with Crippen LogP contribution in [0, 0.1) is 0 Å². The lowest BCUT2D eigenvalue weighted by molar-refractivity contribution is -0.890. The van der Waals surface area contributed by atoms with Crippen molar-refractivity contribution >= 4 is 7.82 Å². The zero-order valence-electron chi connectivity index (χ0n) is 16.2. The van der Waals surface area contributed by atoms with Crippen molar-refractivity contribution in [2.45, 2.75) is 84.0 Å². The normalized spacial score (nSPS) is 14.7. The minimum atomic E-state index is -4.57. The second-order valence-electron chi connectivity index (χ2n) is 7.57. The maximum Gasteiger partial charge on any atom is 0.265 e. The first-order chi connectivity index (χ1) is 11.3. The summed E-state index contributed by atoms with van der Waals surface area (Å²) in [5.41, 5.74) is 0. The first kappa shape index (κ1) is 24.1. The van der Waals surface area contributed by atoms with Gasteiger partial charge >= 0.3 is 0 Å². The molecule has 0 aromatic rings. The van der Waals surface area contributed by atoms with Gasteiger partial charge in [-0.05, 0) is 12.8 Å². The molecule has 0 fully saturated rings. The summed E-state index contributed by atoms with van der Waals surface area (Å²) in [4.78, 5) is 19.1. The van der Waals surface area contributed by atoms with E-state index < -0.39 is 7.82 Å². The second-order valence-corrected chi connectivity index (χ2v) is 8.77. The first-order valence-corrected chi connectivity index (χ1v) is 11.3. The largest absolute Gasteiger partial charge is 0.756 e. The monoisotopic (exact) mass is 365 g/mol. The van der Waals surface area contributed by atoms with Crippen molar-refractivity contribution in [3.63, 3.8) is 0 Å². The Morgan fingerprint density at radius 1 is 0.833 bits per heavy atom. The van der Waals surface area contributed by atoms with E-state index in [0.717, 1.165) is 17.4 Å². The van der Waals surface area contributed by atoms with Crippen LogP contribution in [-0.2, 0) is 9.09 Å². The number of hydrogen-bond acceptors (Lipinski definition) is 3. The van der Waals surface area contributed by atoms with E-state index >= 15 is 0 Å². The van der Waals surface area contributed by atoms with E-state index in [-0.39, 0.29) is 6.61 Å². The van der Waals surface area contributed by atoms with Crippen molar-refractivity contribution in [1.82, 2.24) is 0 Å². The van der Waals surface area contributed by atoms with Gasteiger partial charge in [0.2, 0.25) is 0 Å². The smallest absolute Gasteiger partial charge is 0.265 e. The van der Waals surface area contributed by atoms with Crippen molar-refractivity contribution in [2.75, 3.05) is 33.8 Å². The number of hydrogen-bond donors (Lipinski definition) is 1. The number of phosphoric acid groups is 1. The minimum Gasteiger partial charge on any atom is -0.756 e. The predicted octanol–water partition coefficient (Wildman–Crippen LogP) is 4.24. The standard InChI is InChI=1S/C18H40NO4P/c1-4-5-6-7-8-9-10-11-12-13-14-15-16-19(2,3)17-18-23-24(20,21)22/h4-18H2,1-3H3,(H-,20,21,22). The van der Waals surface area contributed by atoms with Crippen molar-refractivity contribution in [1.29, 1.82) is 0 Å². The molecule has 0 aliphatic rings. The van der Waals surface area contributed by atoms with Gasteiger partial charge < -0.3 is 18.8 Å². The van der Waals surface area contributed by atoms with Crippen molar-refractivity contribution in [3.8, 4) is 0 Å². The highest BCUT2D eigenvalue weighted by Crippen LogP contribution is 2.29. The molecule has 1 N–H and O–H groups in total. The number of rotatable bonds is 17. The highest BCUT2D eigenvalue weighted by molar-refractivity contribution is 7.44.